The Morgan fingerprint density at radius 1 is 0.886 bits per heavy atom. The van der Waals surface area contributed by atoms with Gasteiger partial charge in [0.25, 0.3) is 0 Å². The van der Waals surface area contributed by atoms with Gasteiger partial charge in [-0.05, 0) is 60.3 Å². The molecule has 0 aliphatic rings. The van der Waals surface area contributed by atoms with Crippen LogP contribution in [0.15, 0.2) is 93.8 Å². The number of H-pyrrole nitrogens is 1. The number of benzene rings is 3. The largest absolute Gasteiger partial charge is 0.336 e. The molecule has 12 heteroatoms. The van der Waals surface area contributed by atoms with E-state index in [1.54, 1.807) is 42.5 Å². The van der Waals surface area contributed by atoms with E-state index in [0.29, 0.717) is 16.7 Å². The van der Waals surface area contributed by atoms with E-state index < -0.39 is 20.0 Å². The van der Waals surface area contributed by atoms with E-state index >= 15 is 0 Å². The van der Waals surface area contributed by atoms with Gasteiger partial charge in [-0.3, -0.25) is 4.79 Å². The molecule has 0 aliphatic carbocycles. The molecule has 4 rings (SSSR count). The van der Waals surface area contributed by atoms with Gasteiger partial charge in [-0.1, -0.05) is 30.3 Å². The molecular weight excluding hydrogens is 508 g/mol. The summed E-state index contributed by atoms with van der Waals surface area (Å²) in [5, 5.41) is 2.99. The van der Waals surface area contributed by atoms with Gasteiger partial charge in [0.05, 0.1) is 10.6 Å². The highest BCUT2D eigenvalue weighted by molar-refractivity contribution is 8.00. The second-order valence-corrected chi connectivity index (χ2v) is 12.6. The lowest BCUT2D eigenvalue weighted by Crippen LogP contribution is -2.44. The predicted molar refractivity (Wildman–Crippen MR) is 134 cm³/mol. The molecule has 0 radical (unpaired) electrons. The minimum absolute atomic E-state index is 0.0745. The van der Waals surface area contributed by atoms with Gasteiger partial charge in [0.15, 0.2) is 11.0 Å². The molecule has 35 heavy (non-hydrogen) atoms. The van der Waals surface area contributed by atoms with Gasteiger partial charge in [0.2, 0.25) is 15.9 Å². The number of anilines is 1. The molecule has 0 unspecified atom stereocenters. The Morgan fingerprint density at radius 3 is 2.17 bits per heavy atom. The lowest BCUT2D eigenvalue weighted by atomic mass is 10.3. The SMILES string of the molecule is CN(C)S(=O)(=O)c1ccc(NC(=O)CSc2[nH]c3ccccc3[n+]2S(=O)(=O)c2ccccc2)cc1. The number of sulfonamides is 1. The fourth-order valence-electron chi connectivity index (χ4n) is 3.32. The van der Waals surface area contributed by atoms with E-state index in [2.05, 4.69) is 10.3 Å². The van der Waals surface area contributed by atoms with E-state index in [9.17, 15) is 21.6 Å². The van der Waals surface area contributed by atoms with Gasteiger partial charge >= 0.3 is 15.2 Å². The third-order valence-electron chi connectivity index (χ3n) is 5.09. The second kappa shape index (κ2) is 9.82. The van der Waals surface area contributed by atoms with E-state index in [-0.39, 0.29) is 26.6 Å². The number of rotatable bonds is 8. The van der Waals surface area contributed by atoms with Crippen LogP contribution in [-0.2, 0) is 24.8 Å². The van der Waals surface area contributed by atoms with Crippen molar-refractivity contribution in [2.75, 3.05) is 25.2 Å². The average molecular weight is 532 g/mol. The summed E-state index contributed by atoms with van der Waals surface area (Å²) >= 11 is 1.05. The Labute approximate surface area is 207 Å². The third-order valence-corrected chi connectivity index (χ3v) is 9.72. The van der Waals surface area contributed by atoms with Crippen molar-refractivity contribution in [3.05, 3.63) is 78.9 Å². The maximum Gasteiger partial charge on any atom is 0.336 e. The molecule has 1 heterocycles. The monoisotopic (exact) mass is 531 g/mol. The maximum atomic E-state index is 13.4. The standard InChI is InChI=1S/C23H22N4O5S3/c1-26(2)34(29,30)19-14-12-17(13-15-19)24-22(28)16-33-23-25-20-10-6-7-11-21(20)27(23)35(31,32)18-8-4-3-5-9-18/h3-15H,16H2,1-2H3,(H,24,28)/p+1. The quantitative estimate of drug-likeness (QED) is 0.266. The summed E-state index contributed by atoms with van der Waals surface area (Å²) in [5.41, 5.74) is 1.51. The smallest absolute Gasteiger partial charge is 0.325 e. The number of hydrogen-bond donors (Lipinski definition) is 2. The average Bonchev–Trinajstić information content (AvgIpc) is 3.23. The minimum Gasteiger partial charge on any atom is -0.325 e. The van der Waals surface area contributed by atoms with Crippen LogP contribution >= 0.6 is 11.8 Å². The fourth-order valence-corrected chi connectivity index (χ4v) is 6.80. The van der Waals surface area contributed by atoms with Crippen LogP contribution in [0.3, 0.4) is 0 Å². The summed E-state index contributed by atoms with van der Waals surface area (Å²) in [6.45, 7) is 0. The number of hydrogen-bond acceptors (Lipinski definition) is 6. The highest BCUT2D eigenvalue weighted by atomic mass is 32.2. The molecule has 0 bridgehead atoms. The van der Waals surface area contributed by atoms with Gasteiger partial charge < -0.3 is 5.32 Å². The van der Waals surface area contributed by atoms with Gasteiger partial charge in [-0.25, -0.2) is 17.7 Å². The van der Waals surface area contributed by atoms with Gasteiger partial charge in [0.1, 0.15) is 4.90 Å². The Morgan fingerprint density at radius 2 is 1.51 bits per heavy atom. The van der Waals surface area contributed by atoms with Crippen LogP contribution in [0, 0.1) is 0 Å². The lowest BCUT2D eigenvalue weighted by molar-refractivity contribution is -0.526. The number of para-hydroxylation sites is 2. The number of amides is 1. The number of aromatic amines is 1. The molecule has 9 nitrogen and oxygen atoms in total. The molecule has 182 valence electrons. The van der Waals surface area contributed by atoms with Crippen molar-refractivity contribution >= 4 is 54.4 Å². The molecule has 4 aromatic rings. The van der Waals surface area contributed by atoms with Crippen LogP contribution in [0.4, 0.5) is 5.69 Å². The second-order valence-electron chi connectivity index (χ2n) is 7.68. The van der Waals surface area contributed by atoms with Crippen molar-refractivity contribution in [3.63, 3.8) is 0 Å². The molecule has 0 aliphatic heterocycles. The first kappa shape index (κ1) is 24.9. The summed E-state index contributed by atoms with van der Waals surface area (Å²) in [4.78, 5) is 15.9. The first-order chi connectivity index (χ1) is 16.6. The molecule has 1 amide bonds. The minimum atomic E-state index is -3.91. The Bertz CT molecular complexity index is 1580. The molecule has 3 aromatic carbocycles. The molecule has 1 aromatic heterocycles. The lowest BCUT2D eigenvalue weighted by Gasteiger charge is -2.11. The van der Waals surface area contributed by atoms with Crippen molar-refractivity contribution in [1.82, 2.24) is 9.29 Å². The van der Waals surface area contributed by atoms with Crippen molar-refractivity contribution in [2.24, 2.45) is 0 Å². The van der Waals surface area contributed by atoms with Crippen LogP contribution in [0.25, 0.3) is 11.0 Å². The highest BCUT2D eigenvalue weighted by Crippen LogP contribution is 2.22. The number of carbonyl (C=O) groups excluding carboxylic acids is 1. The van der Waals surface area contributed by atoms with E-state index in [0.717, 1.165) is 16.1 Å². The van der Waals surface area contributed by atoms with Crippen LogP contribution < -0.4 is 9.29 Å². The Balaban J connectivity index is 1.55. The molecular formula is C23H23N4O5S3+. The molecule has 0 spiro atoms. The normalized spacial score (nSPS) is 12.2. The molecule has 0 atom stereocenters. The van der Waals surface area contributed by atoms with Crippen LogP contribution in [-0.4, -0.2) is 51.9 Å². The van der Waals surface area contributed by atoms with Gasteiger partial charge in [-0.15, -0.1) is 3.97 Å². The molecule has 2 N–H and O–H groups in total. The van der Waals surface area contributed by atoms with Gasteiger partial charge in [-0.2, -0.15) is 8.42 Å². The van der Waals surface area contributed by atoms with Crippen LogP contribution in [0.1, 0.15) is 0 Å². The van der Waals surface area contributed by atoms with Crippen molar-refractivity contribution in [2.45, 2.75) is 14.9 Å². The summed E-state index contributed by atoms with van der Waals surface area (Å²) in [6, 6.07) is 20.9. The Kier molecular flexibility index (Phi) is 6.99. The number of nitrogens with zero attached hydrogens (tertiary/aromatic N) is 2. The van der Waals surface area contributed by atoms with Crippen LogP contribution in [0.2, 0.25) is 0 Å². The summed E-state index contributed by atoms with van der Waals surface area (Å²) in [5.74, 6) is -0.449. The summed E-state index contributed by atoms with van der Waals surface area (Å²) in [7, 11) is -4.60. The van der Waals surface area contributed by atoms with Crippen LogP contribution in [0.5, 0.6) is 0 Å². The molecule has 0 saturated carbocycles. The first-order valence-electron chi connectivity index (χ1n) is 10.4. The zero-order chi connectivity index (χ0) is 25.2. The molecule has 0 fully saturated rings. The zero-order valence-electron chi connectivity index (χ0n) is 18.9. The summed E-state index contributed by atoms with van der Waals surface area (Å²) in [6.07, 6.45) is 0. The van der Waals surface area contributed by atoms with Crippen molar-refractivity contribution < 1.29 is 25.6 Å². The third kappa shape index (κ3) is 5.10. The Hall–Kier alpha value is -3.19. The number of imidazole rings is 1. The maximum absolute atomic E-state index is 13.4. The molecule has 0 saturated heterocycles. The van der Waals surface area contributed by atoms with E-state index in [1.165, 1.54) is 54.5 Å². The van der Waals surface area contributed by atoms with Crippen molar-refractivity contribution in [3.8, 4) is 0 Å². The summed E-state index contributed by atoms with van der Waals surface area (Å²) < 4.78 is 53.5. The fraction of sp³-hybridized carbons (Fsp3) is 0.130. The zero-order valence-corrected chi connectivity index (χ0v) is 21.3. The first-order valence-corrected chi connectivity index (χ1v) is 14.3. The van der Waals surface area contributed by atoms with E-state index in [1.807, 2.05) is 0 Å². The topological polar surface area (TPSA) is 120 Å². The number of fused-ring (bicyclic) bond motifs is 1. The predicted octanol–water partition coefficient (Wildman–Crippen LogP) is 2.67. The number of thioether (sulfide) groups is 1. The number of nitrogens with one attached hydrogen (secondary N) is 2. The van der Waals surface area contributed by atoms with Gasteiger partial charge in [0, 0.05) is 19.8 Å². The number of carbonyl (C=O) groups is 1. The van der Waals surface area contributed by atoms with Crippen molar-refractivity contribution in [1.29, 1.82) is 0 Å². The van der Waals surface area contributed by atoms with E-state index in [4.69, 9.17) is 0 Å². The highest BCUT2D eigenvalue weighted by Gasteiger charge is 2.32. The number of aromatic nitrogens is 2.